The molecule has 7 heteroatoms. The highest BCUT2D eigenvalue weighted by Crippen LogP contribution is 2.09. The van der Waals surface area contributed by atoms with Crippen molar-refractivity contribution in [3.05, 3.63) is 5.70 Å². The summed E-state index contributed by atoms with van der Waals surface area (Å²) < 4.78 is 26.2. The fourth-order valence-corrected chi connectivity index (χ4v) is 2.60. The third kappa shape index (κ3) is 2.57. The van der Waals surface area contributed by atoms with Gasteiger partial charge in [-0.2, -0.15) is 17.0 Å². The first kappa shape index (κ1) is 12.2. The van der Waals surface area contributed by atoms with Gasteiger partial charge in [0, 0.05) is 26.7 Å². The summed E-state index contributed by atoms with van der Waals surface area (Å²) in [6.07, 6.45) is 0. The van der Waals surface area contributed by atoms with Gasteiger partial charge in [0.2, 0.25) is 0 Å². The second-order valence-electron chi connectivity index (χ2n) is 3.26. The summed E-state index contributed by atoms with van der Waals surface area (Å²) in [5.41, 5.74) is 0.286. The van der Waals surface area contributed by atoms with Gasteiger partial charge in [-0.05, 0) is 0 Å². The highest BCUT2D eigenvalue weighted by atomic mass is 32.2. The maximum absolute atomic E-state index is 11.9. The molecule has 1 fully saturated rings. The fraction of sp³-hybridized carbons (Fsp3) is 0.750. The molecule has 86 valence electrons. The van der Waals surface area contributed by atoms with Crippen LogP contribution in [-0.4, -0.2) is 56.2 Å². The Balaban J connectivity index is 2.84. The molecule has 0 radical (unpaired) electrons. The van der Waals surface area contributed by atoms with Crippen LogP contribution in [0.3, 0.4) is 0 Å². The van der Waals surface area contributed by atoms with Gasteiger partial charge in [-0.25, -0.2) is 4.79 Å². The summed E-state index contributed by atoms with van der Waals surface area (Å²) in [5, 5.41) is 2.80. The van der Waals surface area contributed by atoms with Crippen LogP contribution in [0.4, 0.5) is 0 Å². The summed E-state index contributed by atoms with van der Waals surface area (Å²) in [5.74, 6) is 1.69. The molecule has 6 nitrogen and oxygen atoms in total. The second kappa shape index (κ2) is 4.76. The van der Waals surface area contributed by atoms with Crippen molar-refractivity contribution in [2.24, 2.45) is 0 Å². The zero-order chi connectivity index (χ0) is 11.5. The smallest absolute Gasteiger partial charge is 0.282 e. The van der Waals surface area contributed by atoms with Gasteiger partial charge in [-0.1, -0.05) is 6.92 Å². The van der Waals surface area contributed by atoms with Crippen molar-refractivity contribution in [2.45, 2.75) is 6.92 Å². The van der Waals surface area contributed by atoms with Crippen molar-refractivity contribution in [3.8, 4) is 0 Å². The summed E-state index contributed by atoms with van der Waals surface area (Å²) >= 11 is 0. The molecule has 0 atom stereocenters. The van der Waals surface area contributed by atoms with E-state index in [0.717, 1.165) is 0 Å². The lowest BCUT2D eigenvalue weighted by molar-refractivity contribution is 0.354. The Labute approximate surface area is 89.7 Å². The van der Waals surface area contributed by atoms with E-state index in [9.17, 15) is 13.2 Å². The zero-order valence-electron chi connectivity index (χ0n) is 8.86. The van der Waals surface area contributed by atoms with E-state index in [2.05, 4.69) is 5.32 Å². The molecule has 0 amide bonds. The lowest BCUT2D eigenvalue weighted by atomic mass is 10.4. The van der Waals surface area contributed by atoms with Crippen LogP contribution < -0.4 is 5.32 Å². The molecule has 1 aliphatic rings. The Hall–Kier alpha value is -0.880. The van der Waals surface area contributed by atoms with Crippen molar-refractivity contribution in [1.82, 2.24) is 13.9 Å². The minimum atomic E-state index is -3.43. The summed E-state index contributed by atoms with van der Waals surface area (Å²) in [7, 11) is -1.91. The molecule has 0 aromatic carbocycles. The predicted octanol–water partition coefficient (Wildman–Crippen LogP) is -1.20. The van der Waals surface area contributed by atoms with Crippen molar-refractivity contribution in [2.75, 3.05) is 33.2 Å². The van der Waals surface area contributed by atoms with Gasteiger partial charge >= 0.3 is 0 Å². The maximum Gasteiger partial charge on any atom is 0.282 e. The second-order valence-corrected chi connectivity index (χ2v) is 5.30. The lowest BCUT2D eigenvalue weighted by Crippen LogP contribution is -2.50. The number of hydrogen-bond donors (Lipinski definition) is 1. The van der Waals surface area contributed by atoms with Gasteiger partial charge < -0.3 is 5.32 Å². The Kier molecular flexibility index (Phi) is 3.87. The Morgan fingerprint density at radius 1 is 1.60 bits per heavy atom. The average Bonchev–Trinajstić information content (AvgIpc) is 2.27. The number of hydrogen-bond acceptors (Lipinski definition) is 4. The largest absolute Gasteiger partial charge is 0.377 e. The number of carbonyl (C=O) groups excluding carboxylic acids is 1. The number of rotatable bonds is 3. The quantitative estimate of drug-likeness (QED) is 0.622. The number of nitrogens with one attached hydrogen (secondary N) is 1. The summed E-state index contributed by atoms with van der Waals surface area (Å²) in [4.78, 5) is 10.4. The van der Waals surface area contributed by atoms with E-state index in [1.165, 1.54) is 15.7 Å². The fourth-order valence-electron chi connectivity index (χ4n) is 1.27. The van der Waals surface area contributed by atoms with E-state index in [1.54, 1.807) is 12.9 Å². The first-order valence-electron chi connectivity index (χ1n) is 4.71. The maximum atomic E-state index is 11.9. The number of nitrogens with zero attached hydrogens (tertiary/aromatic N) is 2. The van der Waals surface area contributed by atoms with Crippen LogP contribution in [0.15, 0.2) is 5.70 Å². The van der Waals surface area contributed by atoms with E-state index in [1.807, 2.05) is 0 Å². The van der Waals surface area contributed by atoms with Gasteiger partial charge in [0.25, 0.3) is 10.2 Å². The van der Waals surface area contributed by atoms with Gasteiger partial charge in [0.1, 0.15) is 11.6 Å². The Morgan fingerprint density at radius 3 is 2.80 bits per heavy atom. The molecule has 0 spiro atoms. The Bertz CT molecular complexity index is 373. The molecule has 0 unspecified atom stereocenters. The van der Waals surface area contributed by atoms with Crippen LogP contribution >= 0.6 is 0 Å². The minimum absolute atomic E-state index is 0.0795. The molecule has 0 aliphatic carbocycles. The third-order valence-corrected chi connectivity index (χ3v) is 4.33. The predicted molar refractivity (Wildman–Crippen MR) is 56.0 cm³/mol. The van der Waals surface area contributed by atoms with Crippen LogP contribution in [0.2, 0.25) is 0 Å². The van der Waals surface area contributed by atoms with Crippen molar-refractivity contribution in [3.63, 3.8) is 0 Å². The standard InChI is InChI=1S/C8H15N3O3S/c1-3-10(2)15(13,14)11-5-4-9-8(6-11)7-12/h9H,3-6H2,1-2H3. The van der Waals surface area contributed by atoms with E-state index in [-0.39, 0.29) is 12.2 Å². The molecular weight excluding hydrogens is 218 g/mol. The van der Waals surface area contributed by atoms with Crippen molar-refractivity contribution < 1.29 is 13.2 Å². The molecule has 0 saturated carbocycles. The molecule has 0 aromatic rings. The minimum Gasteiger partial charge on any atom is -0.377 e. The molecule has 1 N–H and O–H groups in total. The van der Waals surface area contributed by atoms with Gasteiger partial charge in [0.15, 0.2) is 0 Å². The topological polar surface area (TPSA) is 69.7 Å². The molecular formula is C8H15N3O3S. The monoisotopic (exact) mass is 233 g/mol. The first-order chi connectivity index (χ1) is 7.02. The van der Waals surface area contributed by atoms with E-state index in [4.69, 9.17) is 0 Å². The highest BCUT2D eigenvalue weighted by Gasteiger charge is 2.29. The normalized spacial score (nSPS) is 18.7. The van der Waals surface area contributed by atoms with E-state index < -0.39 is 10.2 Å². The van der Waals surface area contributed by atoms with Crippen LogP contribution in [0, 0.1) is 0 Å². The summed E-state index contributed by atoms with van der Waals surface area (Å²) in [6, 6.07) is 0. The molecule has 0 bridgehead atoms. The van der Waals surface area contributed by atoms with Gasteiger partial charge in [-0.15, -0.1) is 0 Å². The molecule has 1 heterocycles. The van der Waals surface area contributed by atoms with E-state index in [0.29, 0.717) is 19.6 Å². The van der Waals surface area contributed by atoms with Crippen molar-refractivity contribution >= 4 is 16.2 Å². The lowest BCUT2D eigenvalue weighted by Gasteiger charge is -2.30. The van der Waals surface area contributed by atoms with Crippen LogP contribution in [0.5, 0.6) is 0 Å². The SMILES string of the molecule is CCN(C)S(=O)(=O)N1CCNC(=C=O)C1. The summed E-state index contributed by atoms with van der Waals surface area (Å²) in [6.45, 7) is 3.07. The van der Waals surface area contributed by atoms with Crippen LogP contribution in [0.25, 0.3) is 0 Å². The zero-order valence-corrected chi connectivity index (χ0v) is 9.67. The molecule has 0 aromatic heterocycles. The average molecular weight is 233 g/mol. The van der Waals surface area contributed by atoms with Crippen LogP contribution in [-0.2, 0) is 15.0 Å². The van der Waals surface area contributed by atoms with E-state index >= 15 is 0 Å². The van der Waals surface area contributed by atoms with Crippen LogP contribution in [0.1, 0.15) is 6.92 Å². The molecule has 15 heavy (non-hydrogen) atoms. The van der Waals surface area contributed by atoms with Crippen molar-refractivity contribution in [1.29, 1.82) is 0 Å². The Morgan fingerprint density at radius 2 is 2.27 bits per heavy atom. The molecule has 1 aliphatic heterocycles. The van der Waals surface area contributed by atoms with Gasteiger partial charge in [-0.3, -0.25) is 0 Å². The highest BCUT2D eigenvalue weighted by molar-refractivity contribution is 7.86. The number of piperazine rings is 1. The molecule has 1 saturated heterocycles. The van der Waals surface area contributed by atoms with Gasteiger partial charge in [0.05, 0.1) is 6.54 Å². The molecule has 1 rings (SSSR count). The first-order valence-corrected chi connectivity index (χ1v) is 6.11. The third-order valence-electron chi connectivity index (χ3n) is 2.32.